The summed E-state index contributed by atoms with van der Waals surface area (Å²) >= 11 is 5.92. The molecule has 2 aliphatic carbocycles. The quantitative estimate of drug-likeness (QED) is 0.387. The molecule has 2 heterocycles. The van der Waals surface area contributed by atoms with Crippen LogP contribution in [-0.2, 0) is 14.8 Å². The summed E-state index contributed by atoms with van der Waals surface area (Å²) in [5.74, 6) is -0.442. The van der Waals surface area contributed by atoms with Gasteiger partial charge in [-0.05, 0) is 75.8 Å². The van der Waals surface area contributed by atoms with E-state index >= 15 is 0 Å². The Kier molecular flexibility index (Phi) is 7.18. The normalized spacial score (nSPS) is 25.3. The number of halogens is 4. The van der Waals surface area contributed by atoms with Gasteiger partial charge in [-0.2, -0.15) is 13.2 Å². The fourth-order valence-electron chi connectivity index (χ4n) is 6.06. The summed E-state index contributed by atoms with van der Waals surface area (Å²) in [4.78, 5) is 31.5. The molecule has 4 unspecified atom stereocenters. The largest absolute Gasteiger partial charge is 0.477 e. The maximum Gasteiger partial charge on any atom is 0.405 e. The molecular weight excluding hydrogens is 587 g/mol. The molecular formula is C26H29ClF3N5O5S. The van der Waals surface area contributed by atoms with E-state index in [9.17, 15) is 31.2 Å². The molecule has 1 aromatic heterocycles. The second-order valence-corrected chi connectivity index (χ2v) is 13.2. The van der Waals surface area contributed by atoms with Crippen LogP contribution >= 0.6 is 11.6 Å². The van der Waals surface area contributed by atoms with E-state index in [-0.39, 0.29) is 38.9 Å². The fraction of sp³-hybridized carbons (Fsp3) is 0.500. The summed E-state index contributed by atoms with van der Waals surface area (Å²) in [5, 5.41) is 10.3. The van der Waals surface area contributed by atoms with Crippen LogP contribution in [0.4, 0.5) is 19.0 Å². The van der Waals surface area contributed by atoms with Gasteiger partial charge in [0.1, 0.15) is 23.0 Å². The van der Waals surface area contributed by atoms with E-state index in [0.717, 1.165) is 25.3 Å². The fourth-order valence-corrected chi connectivity index (χ4v) is 6.97. The molecule has 2 aromatic rings. The van der Waals surface area contributed by atoms with Crippen LogP contribution in [0.2, 0.25) is 5.02 Å². The van der Waals surface area contributed by atoms with Crippen LogP contribution in [-0.4, -0.2) is 61.2 Å². The van der Waals surface area contributed by atoms with Gasteiger partial charge in [-0.15, -0.1) is 0 Å². The van der Waals surface area contributed by atoms with Crippen LogP contribution < -0.4 is 25.4 Å². The zero-order chi connectivity index (χ0) is 30.0. The molecule has 1 aliphatic heterocycles. The van der Waals surface area contributed by atoms with Gasteiger partial charge in [0.25, 0.3) is 11.8 Å². The molecule has 10 nitrogen and oxygen atoms in total. The number of ether oxygens (including phenoxy) is 1. The standard InChI is InChI=1S/C26H29ClF3N5O5S/c1-24(2,40-18-5-4-16(27)10-19(18)41(31,38)39)23(37)34-17-9-15-7-8-25(15)20(11-17)35(25)21-6-3-14(12-32-21)22(36)33-13-26(28,29)30/h3-6,10,12,15,17,20H,7-9,11,13H2,1-2H3,(H,33,36)(H,34,37)(H2,31,38,39). The zero-order valence-electron chi connectivity index (χ0n) is 22.2. The number of aromatic nitrogens is 1. The summed E-state index contributed by atoms with van der Waals surface area (Å²) in [7, 11) is -4.16. The molecule has 3 fully saturated rings. The van der Waals surface area contributed by atoms with Gasteiger partial charge in [-0.25, -0.2) is 18.5 Å². The van der Waals surface area contributed by atoms with E-state index in [1.54, 1.807) is 6.07 Å². The van der Waals surface area contributed by atoms with Crippen molar-refractivity contribution in [1.29, 1.82) is 0 Å². The van der Waals surface area contributed by atoms with Crippen LogP contribution in [0.15, 0.2) is 41.4 Å². The second-order valence-electron chi connectivity index (χ2n) is 11.2. The predicted molar refractivity (Wildman–Crippen MR) is 143 cm³/mol. The molecule has 2 saturated carbocycles. The molecule has 0 radical (unpaired) electrons. The number of anilines is 1. The summed E-state index contributed by atoms with van der Waals surface area (Å²) < 4.78 is 67.1. The number of primary sulfonamides is 1. The van der Waals surface area contributed by atoms with Gasteiger partial charge >= 0.3 is 6.18 Å². The summed E-state index contributed by atoms with van der Waals surface area (Å²) in [5.41, 5.74) is -1.48. The SMILES string of the molecule is CC(C)(Oc1ccc(Cl)cc1S(N)(=O)=O)C(=O)NC1CC2CCC23C(C1)N3c1ccc(C(=O)NCC(F)(F)F)cn1. The van der Waals surface area contributed by atoms with Gasteiger partial charge in [0.2, 0.25) is 10.0 Å². The van der Waals surface area contributed by atoms with Crippen molar-refractivity contribution in [2.75, 3.05) is 11.4 Å². The van der Waals surface area contributed by atoms with Crippen LogP contribution in [0.5, 0.6) is 5.75 Å². The Morgan fingerprint density at radius 3 is 2.54 bits per heavy atom. The van der Waals surface area contributed by atoms with Gasteiger partial charge in [0.15, 0.2) is 5.60 Å². The smallest absolute Gasteiger partial charge is 0.405 e. The molecule has 1 aromatic carbocycles. The number of hydrogen-bond acceptors (Lipinski definition) is 7. The molecule has 222 valence electrons. The van der Waals surface area contributed by atoms with Gasteiger partial charge in [-0.1, -0.05) is 11.6 Å². The lowest BCUT2D eigenvalue weighted by molar-refractivity contribution is -0.135. The first kappa shape index (κ1) is 29.4. The Labute approximate surface area is 239 Å². The van der Waals surface area contributed by atoms with E-state index in [1.165, 1.54) is 38.2 Å². The van der Waals surface area contributed by atoms with Gasteiger partial charge in [0, 0.05) is 17.3 Å². The number of amides is 2. The molecule has 2 amide bonds. The zero-order valence-corrected chi connectivity index (χ0v) is 23.7. The Morgan fingerprint density at radius 2 is 1.95 bits per heavy atom. The lowest BCUT2D eigenvalue weighted by atomic mass is 9.63. The van der Waals surface area contributed by atoms with Crippen molar-refractivity contribution < 1.29 is 35.9 Å². The number of nitrogens with one attached hydrogen (secondary N) is 2. The number of alkyl halides is 3. The first-order valence-electron chi connectivity index (χ1n) is 12.9. The minimum Gasteiger partial charge on any atom is -0.477 e. The summed E-state index contributed by atoms with van der Waals surface area (Å²) in [6.45, 7) is 1.63. The number of carbonyl (C=O) groups excluding carboxylic acids is 2. The van der Waals surface area contributed by atoms with Crippen molar-refractivity contribution in [2.24, 2.45) is 11.1 Å². The monoisotopic (exact) mass is 615 g/mol. The van der Waals surface area contributed by atoms with Gasteiger partial charge < -0.3 is 20.3 Å². The first-order chi connectivity index (χ1) is 19.0. The van der Waals surface area contributed by atoms with Crippen LogP contribution in [0.3, 0.4) is 0 Å². The number of pyridine rings is 1. The molecule has 0 bridgehead atoms. The van der Waals surface area contributed by atoms with Crippen LogP contribution in [0, 0.1) is 5.92 Å². The third-order valence-electron chi connectivity index (χ3n) is 8.11. The number of sulfonamides is 1. The Balaban J connectivity index is 1.23. The number of carbonyl (C=O) groups is 2. The minimum absolute atomic E-state index is 0.0316. The number of hydrogen-bond donors (Lipinski definition) is 3. The maximum atomic E-state index is 13.3. The van der Waals surface area contributed by atoms with E-state index in [2.05, 4.69) is 15.2 Å². The molecule has 15 heteroatoms. The van der Waals surface area contributed by atoms with Crippen molar-refractivity contribution in [1.82, 2.24) is 15.6 Å². The van der Waals surface area contributed by atoms with Gasteiger partial charge in [0.05, 0.1) is 17.1 Å². The molecule has 5 rings (SSSR count). The average molecular weight is 616 g/mol. The van der Waals surface area contributed by atoms with Crippen LogP contribution in [0.1, 0.15) is 49.9 Å². The van der Waals surface area contributed by atoms with Crippen molar-refractivity contribution >= 4 is 39.3 Å². The van der Waals surface area contributed by atoms with Crippen molar-refractivity contribution in [3.63, 3.8) is 0 Å². The summed E-state index contributed by atoms with van der Waals surface area (Å²) in [6, 6.07) is 6.96. The maximum absolute atomic E-state index is 13.3. The van der Waals surface area contributed by atoms with Crippen molar-refractivity contribution in [3.05, 3.63) is 47.1 Å². The Bertz CT molecular complexity index is 1490. The highest BCUT2D eigenvalue weighted by atomic mass is 35.5. The average Bonchev–Trinajstić information content (AvgIpc) is 3.56. The highest BCUT2D eigenvalue weighted by molar-refractivity contribution is 7.89. The topological polar surface area (TPSA) is 143 Å². The van der Waals surface area contributed by atoms with E-state index in [4.69, 9.17) is 21.5 Å². The second kappa shape index (κ2) is 10.0. The number of nitrogens with two attached hydrogens (primary N) is 1. The van der Waals surface area contributed by atoms with E-state index in [1.807, 2.05) is 5.32 Å². The van der Waals surface area contributed by atoms with Crippen molar-refractivity contribution in [3.8, 4) is 5.75 Å². The van der Waals surface area contributed by atoms with Crippen molar-refractivity contribution in [2.45, 2.75) is 73.8 Å². The molecule has 1 saturated heterocycles. The number of nitrogens with zero attached hydrogens (tertiary/aromatic N) is 2. The lowest BCUT2D eigenvalue weighted by Crippen LogP contribution is -2.54. The third kappa shape index (κ3) is 5.69. The Hall–Kier alpha value is -3.10. The molecule has 1 spiro atoms. The molecule has 4 N–H and O–H groups in total. The highest BCUT2D eigenvalue weighted by Gasteiger charge is 2.73. The number of benzene rings is 1. The third-order valence-corrected chi connectivity index (χ3v) is 9.28. The van der Waals surface area contributed by atoms with E-state index in [0.29, 0.717) is 18.2 Å². The highest BCUT2D eigenvalue weighted by Crippen LogP contribution is 2.65. The Morgan fingerprint density at radius 1 is 1.22 bits per heavy atom. The minimum atomic E-state index is -4.51. The predicted octanol–water partition coefficient (Wildman–Crippen LogP) is 3.15. The number of rotatable bonds is 8. The van der Waals surface area contributed by atoms with E-state index < -0.39 is 40.2 Å². The van der Waals surface area contributed by atoms with Crippen LogP contribution in [0.25, 0.3) is 0 Å². The molecule has 3 aliphatic rings. The molecule has 41 heavy (non-hydrogen) atoms. The summed E-state index contributed by atoms with van der Waals surface area (Å²) in [6.07, 6.45) is 0.0580. The lowest BCUT2D eigenvalue weighted by Gasteiger charge is -2.43. The van der Waals surface area contributed by atoms with Gasteiger partial charge in [-0.3, -0.25) is 9.59 Å². The molecule has 4 atom stereocenters. The first-order valence-corrected chi connectivity index (χ1v) is 14.9.